The molecule has 1 saturated heterocycles. The second-order valence-corrected chi connectivity index (χ2v) is 11.7. The molecule has 2 amide bonds. The van der Waals surface area contributed by atoms with Crippen LogP contribution < -0.4 is 0 Å². The highest BCUT2D eigenvalue weighted by atomic mass is 19.1. The lowest BCUT2D eigenvalue weighted by Gasteiger charge is -2.47. The Labute approximate surface area is 216 Å². The highest BCUT2D eigenvalue weighted by Gasteiger charge is 2.43. The Kier molecular flexibility index (Phi) is 6.14. The van der Waals surface area contributed by atoms with Gasteiger partial charge in [0.25, 0.3) is 11.8 Å². The Hall–Kier alpha value is -3.26. The highest BCUT2D eigenvalue weighted by molar-refractivity contribution is 5.97. The van der Waals surface area contributed by atoms with E-state index in [-0.39, 0.29) is 34.7 Å². The van der Waals surface area contributed by atoms with E-state index in [0.29, 0.717) is 36.4 Å². The van der Waals surface area contributed by atoms with Gasteiger partial charge in [0.1, 0.15) is 17.4 Å². The Balaban J connectivity index is 1.46. The number of amides is 2. The van der Waals surface area contributed by atoms with Crippen molar-refractivity contribution >= 4 is 22.9 Å². The fourth-order valence-electron chi connectivity index (χ4n) is 5.13. The molecule has 1 aromatic carbocycles. The first-order valence-electron chi connectivity index (χ1n) is 12.9. The average Bonchev–Trinajstić information content (AvgIpc) is 3.45. The number of hydrogen-bond acceptors (Lipinski definition) is 5. The van der Waals surface area contributed by atoms with Crippen LogP contribution >= 0.6 is 0 Å². The summed E-state index contributed by atoms with van der Waals surface area (Å²) >= 11 is 0. The van der Waals surface area contributed by atoms with Crippen molar-refractivity contribution in [3.63, 3.8) is 0 Å². The average molecular weight is 508 g/mol. The normalized spacial score (nSPS) is 19.4. The second kappa shape index (κ2) is 8.94. The number of pyridine rings is 1. The molecule has 0 bridgehead atoms. The molecule has 196 valence electrons. The van der Waals surface area contributed by atoms with E-state index in [9.17, 15) is 19.1 Å². The molecule has 0 unspecified atom stereocenters. The fraction of sp³-hybridized carbons (Fsp3) is 0.483. The first-order chi connectivity index (χ1) is 17.4. The number of fused-ring (bicyclic) bond motifs is 1. The molecule has 1 atom stereocenters. The van der Waals surface area contributed by atoms with Crippen LogP contribution in [-0.2, 0) is 10.2 Å². The van der Waals surface area contributed by atoms with Crippen LogP contribution in [0.3, 0.4) is 0 Å². The summed E-state index contributed by atoms with van der Waals surface area (Å²) in [6, 6.07) is 9.92. The van der Waals surface area contributed by atoms with Gasteiger partial charge in [0.15, 0.2) is 11.3 Å². The van der Waals surface area contributed by atoms with Crippen LogP contribution in [0.15, 0.2) is 40.8 Å². The van der Waals surface area contributed by atoms with Gasteiger partial charge >= 0.3 is 0 Å². The lowest BCUT2D eigenvalue weighted by Crippen LogP contribution is -2.63. The molecular weight excluding hydrogens is 473 g/mol. The van der Waals surface area contributed by atoms with E-state index >= 15 is 0 Å². The van der Waals surface area contributed by atoms with Crippen LogP contribution in [0, 0.1) is 11.7 Å². The van der Waals surface area contributed by atoms with Crippen LogP contribution in [0.5, 0.6) is 0 Å². The number of hydrogen-bond donors (Lipinski definition) is 1. The first-order valence-corrected chi connectivity index (χ1v) is 12.9. The Morgan fingerprint density at radius 2 is 1.76 bits per heavy atom. The zero-order valence-electron chi connectivity index (χ0n) is 22.0. The third-order valence-electron chi connectivity index (χ3n) is 7.82. The lowest BCUT2D eigenvalue weighted by atomic mass is 9.96. The van der Waals surface area contributed by atoms with Gasteiger partial charge in [0.05, 0.1) is 11.2 Å². The van der Waals surface area contributed by atoms with Crippen molar-refractivity contribution in [2.75, 3.05) is 19.6 Å². The number of piperazine rings is 1. The minimum absolute atomic E-state index is 0.0450. The number of benzene rings is 1. The third-order valence-corrected chi connectivity index (χ3v) is 7.82. The van der Waals surface area contributed by atoms with Crippen molar-refractivity contribution in [3.05, 3.63) is 53.5 Å². The number of furan rings is 1. The van der Waals surface area contributed by atoms with Gasteiger partial charge in [0, 0.05) is 36.8 Å². The number of carbonyl (C=O) groups is 2. The zero-order chi connectivity index (χ0) is 26.7. The largest absolute Gasteiger partial charge is 0.449 e. The van der Waals surface area contributed by atoms with Gasteiger partial charge in [-0.2, -0.15) is 0 Å². The van der Waals surface area contributed by atoms with E-state index in [4.69, 9.17) is 9.40 Å². The molecule has 2 aliphatic rings. The molecule has 3 aromatic rings. The number of aliphatic hydroxyl groups is 1. The Bertz CT molecular complexity index is 1360. The van der Waals surface area contributed by atoms with Crippen molar-refractivity contribution < 1.29 is 23.5 Å². The summed E-state index contributed by atoms with van der Waals surface area (Å²) in [5.41, 5.74) is 3.03. The molecule has 5 rings (SSSR count). The Morgan fingerprint density at radius 1 is 1.08 bits per heavy atom. The van der Waals surface area contributed by atoms with Gasteiger partial charge in [-0.05, 0) is 68.4 Å². The quantitative estimate of drug-likeness (QED) is 0.538. The molecule has 0 spiro atoms. The number of rotatable bonds is 5. The molecule has 1 N–H and O–H groups in total. The molecule has 7 nitrogen and oxygen atoms in total. The van der Waals surface area contributed by atoms with E-state index < -0.39 is 11.6 Å². The molecule has 2 aromatic heterocycles. The highest BCUT2D eigenvalue weighted by Crippen LogP contribution is 2.50. The molecule has 1 saturated carbocycles. The van der Waals surface area contributed by atoms with Crippen molar-refractivity contribution in [1.82, 2.24) is 14.8 Å². The van der Waals surface area contributed by atoms with Crippen molar-refractivity contribution in [1.29, 1.82) is 0 Å². The van der Waals surface area contributed by atoms with Gasteiger partial charge in [-0.1, -0.05) is 20.8 Å². The van der Waals surface area contributed by atoms with E-state index in [0.717, 1.165) is 24.0 Å². The van der Waals surface area contributed by atoms with Gasteiger partial charge in [-0.3, -0.25) is 9.59 Å². The van der Waals surface area contributed by atoms with Crippen molar-refractivity contribution in [2.24, 2.45) is 5.92 Å². The predicted octanol–water partition coefficient (Wildman–Crippen LogP) is 4.77. The van der Waals surface area contributed by atoms with Gasteiger partial charge in [-0.25, -0.2) is 9.37 Å². The molecule has 0 radical (unpaired) electrons. The SMILES string of the molecule is CC(C)[C@@H](O)C(=O)N1CCN(C(=O)c2cc3nc(-c4ccc(F)cc4)cc(C4(C)CC4)c3o2)C(C)(C)C1. The predicted molar refractivity (Wildman–Crippen MR) is 139 cm³/mol. The summed E-state index contributed by atoms with van der Waals surface area (Å²) in [6.07, 6.45) is 0.978. The number of aliphatic hydroxyl groups excluding tert-OH is 1. The summed E-state index contributed by atoms with van der Waals surface area (Å²) < 4.78 is 19.7. The molecule has 37 heavy (non-hydrogen) atoms. The summed E-state index contributed by atoms with van der Waals surface area (Å²) in [4.78, 5) is 34.5. The maximum absolute atomic E-state index is 13.7. The molecule has 3 heterocycles. The van der Waals surface area contributed by atoms with E-state index in [1.54, 1.807) is 41.8 Å². The molecule has 1 aliphatic carbocycles. The monoisotopic (exact) mass is 507 g/mol. The number of nitrogens with zero attached hydrogens (tertiary/aromatic N) is 3. The minimum Gasteiger partial charge on any atom is -0.449 e. The van der Waals surface area contributed by atoms with E-state index in [2.05, 4.69) is 6.92 Å². The fourth-order valence-corrected chi connectivity index (χ4v) is 5.13. The third kappa shape index (κ3) is 4.63. The van der Waals surface area contributed by atoms with E-state index in [1.165, 1.54) is 12.1 Å². The van der Waals surface area contributed by atoms with E-state index in [1.807, 2.05) is 19.9 Å². The van der Waals surface area contributed by atoms with Gasteiger partial charge in [0.2, 0.25) is 0 Å². The summed E-state index contributed by atoms with van der Waals surface area (Å²) in [5, 5.41) is 10.3. The van der Waals surface area contributed by atoms with Crippen LogP contribution in [0.4, 0.5) is 4.39 Å². The number of halogens is 1. The summed E-state index contributed by atoms with van der Waals surface area (Å²) in [6.45, 7) is 10.6. The minimum atomic E-state index is -1.06. The second-order valence-electron chi connectivity index (χ2n) is 11.7. The maximum atomic E-state index is 13.7. The summed E-state index contributed by atoms with van der Waals surface area (Å²) in [5.74, 6) is -0.841. The molecular formula is C29H34FN3O4. The van der Waals surface area contributed by atoms with Crippen molar-refractivity contribution in [3.8, 4) is 11.3 Å². The Morgan fingerprint density at radius 3 is 2.35 bits per heavy atom. The smallest absolute Gasteiger partial charge is 0.290 e. The number of carbonyl (C=O) groups excluding carboxylic acids is 2. The maximum Gasteiger partial charge on any atom is 0.290 e. The van der Waals surface area contributed by atoms with Gasteiger partial charge < -0.3 is 19.3 Å². The van der Waals surface area contributed by atoms with Crippen LogP contribution in [0.2, 0.25) is 0 Å². The van der Waals surface area contributed by atoms with Crippen LogP contribution in [0.25, 0.3) is 22.4 Å². The van der Waals surface area contributed by atoms with Crippen molar-refractivity contribution in [2.45, 2.75) is 64.5 Å². The lowest BCUT2D eigenvalue weighted by molar-refractivity contribution is -0.146. The summed E-state index contributed by atoms with van der Waals surface area (Å²) in [7, 11) is 0. The topological polar surface area (TPSA) is 86.9 Å². The molecule has 8 heteroatoms. The number of aromatic nitrogens is 1. The van der Waals surface area contributed by atoms with Gasteiger partial charge in [-0.15, -0.1) is 0 Å². The molecule has 2 fully saturated rings. The first kappa shape index (κ1) is 25.4. The standard InChI is InChI=1S/C29H34FN3O4/c1-17(2)24(34)27(36)32-12-13-33(28(3,4)16-32)26(35)23-15-22-25(37-23)20(29(5)10-11-29)14-21(31-22)18-6-8-19(30)9-7-18/h6-9,14-15,17,24,34H,10-13,16H2,1-5H3/t24-/m1/s1. The zero-order valence-corrected chi connectivity index (χ0v) is 22.0. The van der Waals surface area contributed by atoms with Crippen LogP contribution in [0.1, 0.15) is 63.6 Å². The molecule has 1 aliphatic heterocycles. The van der Waals surface area contributed by atoms with Crippen LogP contribution in [-0.4, -0.2) is 63.0 Å².